The Bertz CT molecular complexity index is 878. The molecule has 20 heavy (non-hydrogen) atoms. The molecule has 1 heterocycles. The molecule has 0 amide bonds. The number of nitrogens with two attached hydrogens (primary N) is 1. The van der Waals surface area contributed by atoms with Crippen LogP contribution in [0.25, 0.3) is 10.9 Å². The Hall–Kier alpha value is -2.27. The van der Waals surface area contributed by atoms with Gasteiger partial charge >= 0.3 is 0 Å². The van der Waals surface area contributed by atoms with Gasteiger partial charge in [-0.2, -0.15) is 0 Å². The first-order valence-electron chi connectivity index (χ1n) is 6.18. The summed E-state index contributed by atoms with van der Waals surface area (Å²) in [5, 5.41) is 0.806. The van der Waals surface area contributed by atoms with E-state index < -0.39 is 10.0 Å². The number of aryl methyl sites for hydroxylation is 1. The molecular weight excluding hydrogens is 272 g/mol. The highest BCUT2D eigenvalue weighted by Gasteiger charge is 2.21. The third-order valence-corrected chi connectivity index (χ3v) is 5.01. The minimum atomic E-state index is -3.68. The third-order valence-electron chi connectivity index (χ3n) is 3.25. The van der Waals surface area contributed by atoms with Gasteiger partial charge in [0.15, 0.2) is 0 Å². The summed E-state index contributed by atoms with van der Waals surface area (Å²) in [4.78, 5) is 0.233. The van der Waals surface area contributed by atoms with E-state index in [0.717, 1.165) is 10.9 Å². The van der Waals surface area contributed by atoms with Crippen molar-refractivity contribution in [2.45, 2.75) is 11.8 Å². The van der Waals surface area contributed by atoms with Gasteiger partial charge in [0.05, 0.1) is 10.4 Å². The Kier molecular flexibility index (Phi) is 2.79. The molecule has 102 valence electrons. The zero-order valence-electron chi connectivity index (χ0n) is 10.9. The predicted molar refractivity (Wildman–Crippen MR) is 80.1 cm³/mol. The van der Waals surface area contributed by atoms with Crippen LogP contribution in [-0.4, -0.2) is 12.4 Å². The van der Waals surface area contributed by atoms with Crippen molar-refractivity contribution < 1.29 is 8.42 Å². The summed E-state index contributed by atoms with van der Waals surface area (Å²) >= 11 is 0. The molecule has 2 aromatic carbocycles. The van der Waals surface area contributed by atoms with E-state index in [0.29, 0.717) is 5.52 Å². The van der Waals surface area contributed by atoms with E-state index in [9.17, 15) is 8.42 Å². The maximum absolute atomic E-state index is 12.7. The first kappa shape index (κ1) is 12.7. The second kappa shape index (κ2) is 4.38. The molecule has 2 N–H and O–H groups in total. The number of nitrogens with zero attached hydrogens (tertiary/aromatic N) is 1. The van der Waals surface area contributed by atoms with Crippen LogP contribution < -0.4 is 5.73 Å². The zero-order valence-corrected chi connectivity index (χ0v) is 11.8. The largest absolute Gasteiger partial charge is 0.384 e. The van der Waals surface area contributed by atoms with Gasteiger partial charge in [-0.05, 0) is 31.2 Å². The smallest absolute Gasteiger partial charge is 0.269 e. The van der Waals surface area contributed by atoms with Crippen molar-refractivity contribution in [3.05, 3.63) is 60.2 Å². The second-order valence-electron chi connectivity index (χ2n) is 4.71. The Morgan fingerprint density at radius 2 is 1.65 bits per heavy atom. The maximum Gasteiger partial charge on any atom is 0.269 e. The average Bonchev–Trinajstić information content (AvgIpc) is 2.75. The molecule has 0 radical (unpaired) electrons. The van der Waals surface area contributed by atoms with Crippen molar-refractivity contribution in [2.75, 3.05) is 5.73 Å². The highest BCUT2D eigenvalue weighted by atomic mass is 32.2. The fourth-order valence-corrected chi connectivity index (χ4v) is 3.68. The number of nitrogen functional groups attached to an aromatic ring is 1. The monoisotopic (exact) mass is 286 g/mol. The van der Waals surface area contributed by atoms with Crippen LogP contribution in [0.1, 0.15) is 5.56 Å². The molecule has 0 fully saturated rings. The fraction of sp³-hybridized carbons (Fsp3) is 0.0667. The number of rotatable bonds is 2. The Balaban J connectivity index is 2.29. The molecule has 3 rings (SSSR count). The average molecular weight is 286 g/mol. The van der Waals surface area contributed by atoms with Gasteiger partial charge in [-0.25, -0.2) is 12.4 Å². The molecule has 3 aromatic rings. The highest BCUT2D eigenvalue weighted by molar-refractivity contribution is 7.90. The van der Waals surface area contributed by atoms with Crippen LogP contribution >= 0.6 is 0 Å². The minimum Gasteiger partial charge on any atom is -0.384 e. The second-order valence-corrected chi connectivity index (χ2v) is 6.50. The molecular formula is C15H14N2O2S. The van der Waals surface area contributed by atoms with Crippen LogP contribution in [0, 0.1) is 6.92 Å². The van der Waals surface area contributed by atoms with Crippen molar-refractivity contribution in [3.63, 3.8) is 0 Å². The fourth-order valence-electron chi connectivity index (χ4n) is 2.24. The number of para-hydroxylation sites is 1. The lowest BCUT2D eigenvalue weighted by molar-refractivity contribution is 0.590. The molecule has 0 atom stereocenters. The van der Waals surface area contributed by atoms with Crippen LogP contribution in [0.5, 0.6) is 0 Å². The lowest BCUT2D eigenvalue weighted by atomic mass is 10.2. The van der Waals surface area contributed by atoms with Crippen LogP contribution in [0.3, 0.4) is 0 Å². The van der Waals surface area contributed by atoms with E-state index in [1.807, 2.05) is 19.1 Å². The summed E-state index contributed by atoms with van der Waals surface area (Å²) in [6.07, 6.45) is 0. The standard InChI is InChI=1S/C15H14N2O2S/c1-11-6-8-13(9-7-11)20(18,19)17-14-5-3-2-4-12(14)10-15(17)16/h2-10H,16H2,1H3. The van der Waals surface area contributed by atoms with Crippen molar-refractivity contribution in [1.82, 2.24) is 3.97 Å². The molecule has 0 aliphatic heterocycles. The quantitative estimate of drug-likeness (QED) is 0.787. The molecule has 4 nitrogen and oxygen atoms in total. The van der Waals surface area contributed by atoms with Crippen molar-refractivity contribution >= 4 is 26.7 Å². The van der Waals surface area contributed by atoms with Gasteiger partial charge in [-0.3, -0.25) is 0 Å². The summed E-state index contributed by atoms with van der Waals surface area (Å²) in [6, 6.07) is 15.6. The number of benzene rings is 2. The van der Waals surface area contributed by atoms with Crippen LogP contribution in [0.4, 0.5) is 5.82 Å². The van der Waals surface area contributed by atoms with Gasteiger partial charge in [0.2, 0.25) is 0 Å². The number of fused-ring (bicyclic) bond motifs is 1. The van der Waals surface area contributed by atoms with Gasteiger partial charge in [0, 0.05) is 5.39 Å². The first-order valence-corrected chi connectivity index (χ1v) is 7.62. The zero-order chi connectivity index (χ0) is 14.3. The van der Waals surface area contributed by atoms with E-state index in [1.54, 1.807) is 42.5 Å². The lowest BCUT2D eigenvalue weighted by Crippen LogP contribution is -2.15. The SMILES string of the molecule is Cc1ccc(S(=O)(=O)n2c(N)cc3ccccc32)cc1. The summed E-state index contributed by atoms with van der Waals surface area (Å²) in [7, 11) is -3.68. The Morgan fingerprint density at radius 1 is 1.00 bits per heavy atom. The van der Waals surface area contributed by atoms with E-state index in [-0.39, 0.29) is 10.7 Å². The molecule has 0 unspecified atom stereocenters. The molecule has 0 aliphatic rings. The molecule has 0 saturated carbocycles. The van der Waals surface area contributed by atoms with E-state index in [2.05, 4.69) is 0 Å². The number of hydrogen-bond acceptors (Lipinski definition) is 3. The van der Waals surface area contributed by atoms with E-state index in [4.69, 9.17) is 5.73 Å². The van der Waals surface area contributed by atoms with Gasteiger partial charge in [-0.15, -0.1) is 0 Å². The minimum absolute atomic E-state index is 0.215. The Labute approximate surface area is 117 Å². The number of hydrogen-bond donors (Lipinski definition) is 1. The number of anilines is 1. The van der Waals surface area contributed by atoms with Crippen molar-refractivity contribution in [2.24, 2.45) is 0 Å². The van der Waals surface area contributed by atoms with Crippen LogP contribution in [0.2, 0.25) is 0 Å². The van der Waals surface area contributed by atoms with Crippen molar-refractivity contribution in [1.29, 1.82) is 0 Å². The lowest BCUT2D eigenvalue weighted by Gasteiger charge is -2.09. The van der Waals surface area contributed by atoms with Gasteiger partial charge in [0.25, 0.3) is 10.0 Å². The summed E-state index contributed by atoms with van der Waals surface area (Å²) in [6.45, 7) is 1.91. The molecule has 1 aromatic heterocycles. The van der Waals surface area contributed by atoms with Crippen LogP contribution in [-0.2, 0) is 10.0 Å². The number of aromatic nitrogens is 1. The predicted octanol–water partition coefficient (Wildman–Crippen LogP) is 2.77. The molecule has 0 aliphatic carbocycles. The van der Waals surface area contributed by atoms with Crippen molar-refractivity contribution in [3.8, 4) is 0 Å². The van der Waals surface area contributed by atoms with Crippen LogP contribution in [0.15, 0.2) is 59.5 Å². The maximum atomic E-state index is 12.7. The normalized spacial score (nSPS) is 11.8. The Morgan fingerprint density at radius 3 is 2.35 bits per heavy atom. The van der Waals surface area contributed by atoms with Gasteiger partial charge < -0.3 is 5.73 Å². The molecule has 0 saturated heterocycles. The van der Waals surface area contributed by atoms with Gasteiger partial charge in [-0.1, -0.05) is 35.9 Å². The van der Waals surface area contributed by atoms with E-state index in [1.165, 1.54) is 3.97 Å². The summed E-state index contributed by atoms with van der Waals surface area (Å²) < 4.78 is 26.6. The molecule has 5 heteroatoms. The third kappa shape index (κ3) is 1.87. The van der Waals surface area contributed by atoms with Gasteiger partial charge in [0.1, 0.15) is 5.82 Å². The topological polar surface area (TPSA) is 65.1 Å². The molecule has 0 bridgehead atoms. The van der Waals surface area contributed by atoms with E-state index >= 15 is 0 Å². The summed E-state index contributed by atoms with van der Waals surface area (Å²) in [5.41, 5.74) is 7.49. The highest BCUT2D eigenvalue weighted by Crippen LogP contribution is 2.27. The summed E-state index contributed by atoms with van der Waals surface area (Å²) in [5.74, 6) is 0.215. The molecule has 0 spiro atoms. The first-order chi connectivity index (χ1) is 9.50.